The van der Waals surface area contributed by atoms with Crippen LogP contribution in [0.25, 0.3) is 0 Å². The largest absolute Gasteiger partial charge is 0.398 e. The summed E-state index contributed by atoms with van der Waals surface area (Å²) in [6.07, 6.45) is 0. The number of aryl methyl sites for hydroxylation is 2. The van der Waals surface area contributed by atoms with Crippen LogP contribution in [0.3, 0.4) is 0 Å². The molecular formula is C11H12Br2N4O2S. The van der Waals surface area contributed by atoms with E-state index in [-0.39, 0.29) is 10.6 Å². The zero-order valence-electron chi connectivity index (χ0n) is 10.7. The molecule has 0 atom stereocenters. The Balaban J connectivity index is 2.52. The van der Waals surface area contributed by atoms with Crippen molar-refractivity contribution in [2.24, 2.45) is 0 Å². The number of nitrogen functional groups attached to an aromatic ring is 1. The van der Waals surface area contributed by atoms with Crippen LogP contribution in [0.1, 0.15) is 11.4 Å². The van der Waals surface area contributed by atoms with Gasteiger partial charge in [-0.05, 0) is 41.9 Å². The van der Waals surface area contributed by atoms with E-state index in [1.165, 1.54) is 6.07 Å². The highest BCUT2D eigenvalue weighted by Crippen LogP contribution is 2.33. The van der Waals surface area contributed by atoms with Crippen LogP contribution in [0, 0.1) is 13.8 Å². The molecule has 108 valence electrons. The number of aromatic nitrogens is 2. The van der Waals surface area contributed by atoms with Gasteiger partial charge in [-0.25, -0.2) is 8.42 Å². The van der Waals surface area contributed by atoms with Gasteiger partial charge >= 0.3 is 0 Å². The number of H-pyrrole nitrogens is 1. The van der Waals surface area contributed by atoms with Gasteiger partial charge in [0, 0.05) is 8.95 Å². The molecule has 0 amide bonds. The molecule has 2 rings (SSSR count). The lowest BCUT2D eigenvalue weighted by atomic mass is 10.3. The maximum absolute atomic E-state index is 12.5. The van der Waals surface area contributed by atoms with E-state index in [0.29, 0.717) is 26.0 Å². The Bertz CT molecular complexity index is 728. The van der Waals surface area contributed by atoms with E-state index < -0.39 is 10.0 Å². The number of rotatable bonds is 3. The van der Waals surface area contributed by atoms with Gasteiger partial charge in [-0.2, -0.15) is 5.10 Å². The first-order valence-electron chi connectivity index (χ1n) is 5.51. The first-order chi connectivity index (χ1) is 9.22. The number of hydrogen-bond acceptors (Lipinski definition) is 4. The minimum Gasteiger partial charge on any atom is -0.398 e. The molecule has 1 aromatic heterocycles. The first-order valence-corrected chi connectivity index (χ1v) is 8.58. The van der Waals surface area contributed by atoms with E-state index in [9.17, 15) is 8.42 Å². The van der Waals surface area contributed by atoms with Gasteiger partial charge in [-0.3, -0.25) is 9.82 Å². The lowest BCUT2D eigenvalue weighted by Crippen LogP contribution is -2.16. The minimum atomic E-state index is -3.81. The monoisotopic (exact) mass is 422 g/mol. The second kappa shape index (κ2) is 5.38. The second-order valence-electron chi connectivity index (χ2n) is 4.22. The molecule has 0 saturated heterocycles. The summed E-state index contributed by atoms with van der Waals surface area (Å²) in [5, 5.41) is 6.67. The Labute approximate surface area is 133 Å². The molecule has 0 unspecified atom stereocenters. The van der Waals surface area contributed by atoms with Crippen molar-refractivity contribution in [3.63, 3.8) is 0 Å². The van der Waals surface area contributed by atoms with E-state index in [0.717, 1.165) is 0 Å². The molecule has 0 aliphatic rings. The minimum absolute atomic E-state index is 0.000648. The van der Waals surface area contributed by atoms with Crippen molar-refractivity contribution >= 4 is 53.3 Å². The average Bonchev–Trinajstić information content (AvgIpc) is 2.58. The molecule has 0 fully saturated rings. The molecule has 6 nitrogen and oxygen atoms in total. The molecule has 0 spiro atoms. The number of anilines is 2. The van der Waals surface area contributed by atoms with Crippen LogP contribution in [-0.2, 0) is 10.0 Å². The Hall–Kier alpha value is -1.06. The number of sulfonamides is 1. The van der Waals surface area contributed by atoms with Crippen LogP contribution in [0.2, 0.25) is 0 Å². The number of hydrogen-bond donors (Lipinski definition) is 3. The molecule has 0 aliphatic heterocycles. The van der Waals surface area contributed by atoms with Gasteiger partial charge in [0.2, 0.25) is 0 Å². The highest BCUT2D eigenvalue weighted by atomic mass is 79.9. The average molecular weight is 424 g/mol. The number of aromatic amines is 1. The molecule has 1 heterocycles. The highest BCUT2D eigenvalue weighted by Gasteiger charge is 2.23. The highest BCUT2D eigenvalue weighted by molar-refractivity contribution is 9.11. The molecule has 4 N–H and O–H groups in total. The molecular weight excluding hydrogens is 412 g/mol. The van der Waals surface area contributed by atoms with Gasteiger partial charge in [0.05, 0.1) is 22.8 Å². The smallest absolute Gasteiger partial charge is 0.265 e. The fourth-order valence-electron chi connectivity index (χ4n) is 1.75. The van der Waals surface area contributed by atoms with Crippen LogP contribution in [-0.4, -0.2) is 18.6 Å². The van der Waals surface area contributed by atoms with Crippen LogP contribution in [0.15, 0.2) is 26.0 Å². The van der Waals surface area contributed by atoms with Crippen LogP contribution in [0.4, 0.5) is 11.4 Å². The van der Waals surface area contributed by atoms with Gasteiger partial charge in [0.1, 0.15) is 4.90 Å². The lowest BCUT2D eigenvalue weighted by Gasteiger charge is -2.12. The summed E-state index contributed by atoms with van der Waals surface area (Å²) in [6, 6.07) is 3.16. The number of nitrogens with two attached hydrogens (primary N) is 1. The summed E-state index contributed by atoms with van der Waals surface area (Å²) in [4.78, 5) is 0.000648. The molecule has 9 heteroatoms. The number of nitrogens with zero attached hydrogens (tertiary/aromatic N) is 1. The van der Waals surface area contributed by atoms with E-state index in [1.807, 2.05) is 0 Å². The van der Waals surface area contributed by atoms with E-state index in [1.54, 1.807) is 19.9 Å². The van der Waals surface area contributed by atoms with E-state index in [2.05, 4.69) is 46.8 Å². The normalized spacial score (nSPS) is 11.6. The van der Waals surface area contributed by atoms with Gasteiger partial charge in [0.25, 0.3) is 10.0 Å². The summed E-state index contributed by atoms with van der Waals surface area (Å²) >= 11 is 6.48. The third-order valence-electron chi connectivity index (χ3n) is 2.67. The fourth-order valence-corrected chi connectivity index (χ4v) is 5.00. The van der Waals surface area contributed by atoms with Crippen LogP contribution >= 0.6 is 31.9 Å². The lowest BCUT2D eigenvalue weighted by molar-refractivity contribution is 0.601. The second-order valence-corrected chi connectivity index (χ2v) is 7.61. The molecule has 1 aromatic carbocycles. The molecule has 0 radical (unpaired) electrons. The summed E-state index contributed by atoms with van der Waals surface area (Å²) < 4.78 is 28.5. The third-order valence-corrected chi connectivity index (χ3v) is 5.48. The zero-order chi connectivity index (χ0) is 15.1. The Morgan fingerprint density at radius 1 is 1.30 bits per heavy atom. The zero-order valence-corrected chi connectivity index (χ0v) is 14.6. The van der Waals surface area contributed by atoms with Crippen molar-refractivity contribution in [1.82, 2.24) is 10.2 Å². The SMILES string of the molecule is Cc1n[nH]c(C)c1NS(=O)(=O)c1c(N)cc(Br)cc1Br. The van der Waals surface area contributed by atoms with Gasteiger partial charge in [-0.1, -0.05) is 15.9 Å². The predicted molar refractivity (Wildman–Crippen MR) is 85.1 cm³/mol. The standard InChI is InChI=1S/C11H12Br2N4O2S/c1-5-10(6(2)16-15-5)17-20(18,19)11-8(13)3-7(12)4-9(11)14/h3-4,17H,14H2,1-2H3,(H,15,16). The van der Waals surface area contributed by atoms with Crippen molar-refractivity contribution in [1.29, 1.82) is 0 Å². The molecule has 20 heavy (non-hydrogen) atoms. The van der Waals surface area contributed by atoms with Crippen molar-refractivity contribution < 1.29 is 8.42 Å². The van der Waals surface area contributed by atoms with Crippen LogP contribution < -0.4 is 10.5 Å². The van der Waals surface area contributed by atoms with E-state index >= 15 is 0 Å². The summed E-state index contributed by atoms with van der Waals surface area (Å²) in [5.74, 6) is 0. The Kier molecular flexibility index (Phi) is 4.12. The molecule has 0 aliphatic carbocycles. The molecule has 0 bridgehead atoms. The summed E-state index contributed by atoms with van der Waals surface area (Å²) in [6.45, 7) is 3.44. The molecule has 0 saturated carbocycles. The van der Waals surface area contributed by atoms with Crippen molar-refractivity contribution in [3.05, 3.63) is 32.5 Å². The van der Waals surface area contributed by atoms with Gasteiger partial charge in [0.15, 0.2) is 0 Å². The molecule has 2 aromatic rings. The summed E-state index contributed by atoms with van der Waals surface area (Å²) in [7, 11) is -3.81. The first kappa shape index (κ1) is 15.3. The quantitative estimate of drug-likeness (QED) is 0.660. The van der Waals surface area contributed by atoms with Gasteiger partial charge < -0.3 is 5.73 Å². The Morgan fingerprint density at radius 3 is 2.45 bits per heavy atom. The third kappa shape index (κ3) is 2.84. The fraction of sp³-hybridized carbons (Fsp3) is 0.182. The number of nitrogens with one attached hydrogen (secondary N) is 2. The number of benzene rings is 1. The van der Waals surface area contributed by atoms with Crippen molar-refractivity contribution in [3.8, 4) is 0 Å². The van der Waals surface area contributed by atoms with Gasteiger partial charge in [-0.15, -0.1) is 0 Å². The van der Waals surface area contributed by atoms with Crippen molar-refractivity contribution in [2.75, 3.05) is 10.5 Å². The van der Waals surface area contributed by atoms with E-state index in [4.69, 9.17) is 5.73 Å². The maximum Gasteiger partial charge on any atom is 0.265 e. The predicted octanol–water partition coefficient (Wildman–Crippen LogP) is 2.93. The summed E-state index contributed by atoms with van der Waals surface area (Å²) in [5.41, 5.74) is 7.60. The van der Waals surface area contributed by atoms with Crippen LogP contribution in [0.5, 0.6) is 0 Å². The Morgan fingerprint density at radius 2 is 1.95 bits per heavy atom. The maximum atomic E-state index is 12.5. The topological polar surface area (TPSA) is 101 Å². The number of halogens is 2. The van der Waals surface area contributed by atoms with Crippen molar-refractivity contribution in [2.45, 2.75) is 18.7 Å².